The Balaban J connectivity index is 1.55. The van der Waals surface area contributed by atoms with Gasteiger partial charge in [-0.15, -0.1) is 0 Å². The van der Waals surface area contributed by atoms with E-state index in [-0.39, 0.29) is 30.2 Å². The van der Waals surface area contributed by atoms with E-state index in [4.69, 9.17) is 11.6 Å². The number of anilines is 1. The second-order valence-electron chi connectivity index (χ2n) is 8.78. The van der Waals surface area contributed by atoms with Gasteiger partial charge in [0.15, 0.2) is 0 Å². The van der Waals surface area contributed by atoms with Crippen LogP contribution in [0.25, 0.3) is 0 Å². The van der Waals surface area contributed by atoms with Crippen molar-refractivity contribution >= 4 is 29.1 Å². The van der Waals surface area contributed by atoms with Crippen molar-refractivity contribution in [2.45, 2.75) is 58.9 Å². The number of hydrogen-bond donors (Lipinski definition) is 1. The fraction of sp³-hybridized carbons (Fsp3) is 0.619. The molecule has 3 rings (SSSR count). The zero-order valence-electron chi connectivity index (χ0n) is 15.9. The average molecular weight is 377 g/mol. The van der Waals surface area contributed by atoms with Gasteiger partial charge >= 0.3 is 0 Å². The fourth-order valence-corrected chi connectivity index (χ4v) is 4.45. The molecule has 2 amide bonds. The van der Waals surface area contributed by atoms with Gasteiger partial charge in [-0.25, -0.2) is 0 Å². The first-order chi connectivity index (χ1) is 12.3. The largest absolute Gasteiger partial charge is 0.353 e. The molecule has 26 heavy (non-hydrogen) atoms. The Morgan fingerprint density at radius 3 is 2.42 bits per heavy atom. The van der Waals surface area contributed by atoms with Gasteiger partial charge in [0.25, 0.3) is 0 Å². The van der Waals surface area contributed by atoms with E-state index in [0.29, 0.717) is 22.7 Å². The molecule has 1 N–H and O–H groups in total. The van der Waals surface area contributed by atoms with Gasteiger partial charge in [-0.05, 0) is 49.1 Å². The summed E-state index contributed by atoms with van der Waals surface area (Å²) in [6.45, 7) is 7.30. The van der Waals surface area contributed by atoms with Crippen molar-refractivity contribution in [2.75, 3.05) is 11.4 Å². The highest BCUT2D eigenvalue weighted by molar-refractivity contribution is 6.33. The Kier molecular flexibility index (Phi) is 5.61. The van der Waals surface area contributed by atoms with Gasteiger partial charge in [-0.1, -0.05) is 44.5 Å². The third-order valence-corrected chi connectivity index (χ3v) is 6.26. The van der Waals surface area contributed by atoms with Crippen LogP contribution in [0.2, 0.25) is 5.02 Å². The van der Waals surface area contributed by atoms with Crippen molar-refractivity contribution < 1.29 is 9.59 Å². The molecule has 1 aliphatic heterocycles. The van der Waals surface area contributed by atoms with Crippen LogP contribution in [0.1, 0.15) is 52.9 Å². The molecule has 2 aliphatic rings. The molecule has 0 aromatic heterocycles. The Morgan fingerprint density at radius 1 is 1.15 bits per heavy atom. The van der Waals surface area contributed by atoms with Gasteiger partial charge < -0.3 is 10.2 Å². The van der Waals surface area contributed by atoms with E-state index >= 15 is 0 Å². The van der Waals surface area contributed by atoms with Gasteiger partial charge in [-0.2, -0.15) is 0 Å². The molecule has 0 radical (unpaired) electrons. The molecule has 1 aliphatic carbocycles. The number of halogens is 1. The van der Waals surface area contributed by atoms with Crippen molar-refractivity contribution in [3.63, 3.8) is 0 Å². The maximum atomic E-state index is 12.7. The van der Waals surface area contributed by atoms with Crippen molar-refractivity contribution in [3.8, 4) is 0 Å². The summed E-state index contributed by atoms with van der Waals surface area (Å²) in [6, 6.07) is 7.53. The lowest BCUT2D eigenvalue weighted by atomic mass is 9.71. The standard InChI is InChI=1S/C21H29ClN2O2/c1-21(2,3)15-8-10-16(11-9-15)23-20(26)14-12-19(25)24(13-14)18-7-5-4-6-17(18)22/h4-7,14-16H,8-13H2,1-3H3,(H,23,26)/t14-,15?,16?/m1/s1. The first-order valence-corrected chi connectivity index (χ1v) is 9.99. The zero-order valence-corrected chi connectivity index (χ0v) is 16.7. The van der Waals surface area contributed by atoms with Gasteiger partial charge in [0.1, 0.15) is 0 Å². The second-order valence-corrected chi connectivity index (χ2v) is 9.19. The predicted molar refractivity (Wildman–Crippen MR) is 105 cm³/mol. The highest BCUT2D eigenvalue weighted by Crippen LogP contribution is 2.38. The minimum absolute atomic E-state index is 0.00659. The Labute approximate surface area is 161 Å². The van der Waals surface area contributed by atoms with Crippen molar-refractivity contribution in [1.82, 2.24) is 5.32 Å². The SMILES string of the molecule is CC(C)(C)C1CCC(NC(=O)[C@@H]2CC(=O)N(c3ccccc3Cl)C2)CC1. The molecule has 5 heteroatoms. The molecular formula is C21H29ClN2O2. The third kappa shape index (κ3) is 4.22. The summed E-state index contributed by atoms with van der Waals surface area (Å²) in [4.78, 5) is 26.7. The topological polar surface area (TPSA) is 49.4 Å². The summed E-state index contributed by atoms with van der Waals surface area (Å²) in [5.41, 5.74) is 1.03. The van der Waals surface area contributed by atoms with E-state index in [1.54, 1.807) is 11.0 Å². The van der Waals surface area contributed by atoms with Gasteiger partial charge in [-0.3, -0.25) is 9.59 Å². The number of amides is 2. The highest BCUT2D eigenvalue weighted by atomic mass is 35.5. The first kappa shape index (κ1) is 19.2. The summed E-state index contributed by atoms with van der Waals surface area (Å²) in [5.74, 6) is 0.403. The van der Waals surface area contributed by atoms with Crippen LogP contribution < -0.4 is 10.2 Å². The van der Waals surface area contributed by atoms with Gasteiger partial charge in [0.2, 0.25) is 11.8 Å². The monoisotopic (exact) mass is 376 g/mol. The van der Waals surface area contributed by atoms with Gasteiger partial charge in [0.05, 0.1) is 16.6 Å². The number of rotatable bonds is 3. The van der Waals surface area contributed by atoms with E-state index in [2.05, 4.69) is 26.1 Å². The van der Waals surface area contributed by atoms with E-state index < -0.39 is 0 Å². The zero-order chi connectivity index (χ0) is 18.9. The van der Waals surface area contributed by atoms with Crippen molar-refractivity contribution in [1.29, 1.82) is 0 Å². The maximum absolute atomic E-state index is 12.7. The number of carbonyl (C=O) groups is 2. The van der Waals surface area contributed by atoms with Crippen LogP contribution >= 0.6 is 11.6 Å². The Hall–Kier alpha value is -1.55. The highest BCUT2D eigenvalue weighted by Gasteiger charge is 2.37. The minimum Gasteiger partial charge on any atom is -0.353 e. The number of carbonyl (C=O) groups excluding carboxylic acids is 2. The molecule has 1 aromatic rings. The molecule has 2 fully saturated rings. The number of nitrogens with one attached hydrogen (secondary N) is 1. The molecule has 142 valence electrons. The fourth-order valence-electron chi connectivity index (χ4n) is 4.21. The minimum atomic E-state index is -0.292. The number of benzene rings is 1. The molecule has 1 saturated heterocycles. The Bertz CT molecular complexity index is 675. The molecule has 1 aromatic carbocycles. The summed E-state index contributed by atoms with van der Waals surface area (Å²) in [5, 5.41) is 3.73. The molecule has 0 unspecified atom stereocenters. The summed E-state index contributed by atoms with van der Waals surface area (Å²) in [7, 11) is 0. The van der Waals surface area contributed by atoms with Crippen LogP contribution in [0.15, 0.2) is 24.3 Å². The average Bonchev–Trinajstić information content (AvgIpc) is 2.97. The summed E-state index contributed by atoms with van der Waals surface area (Å²) < 4.78 is 0. The summed E-state index contributed by atoms with van der Waals surface area (Å²) in [6.07, 6.45) is 4.63. The maximum Gasteiger partial charge on any atom is 0.227 e. The van der Waals surface area contributed by atoms with Crippen LogP contribution in [-0.2, 0) is 9.59 Å². The molecular weight excluding hydrogens is 348 g/mol. The lowest BCUT2D eigenvalue weighted by molar-refractivity contribution is -0.127. The van der Waals surface area contributed by atoms with Crippen LogP contribution in [0.5, 0.6) is 0 Å². The van der Waals surface area contributed by atoms with E-state index in [1.807, 2.05) is 18.2 Å². The molecule has 4 nitrogen and oxygen atoms in total. The van der Waals surface area contributed by atoms with Crippen LogP contribution in [-0.4, -0.2) is 24.4 Å². The molecule has 0 bridgehead atoms. The molecule has 1 saturated carbocycles. The number of para-hydroxylation sites is 1. The quantitative estimate of drug-likeness (QED) is 0.849. The van der Waals surface area contributed by atoms with E-state index in [9.17, 15) is 9.59 Å². The number of nitrogens with zero attached hydrogens (tertiary/aromatic N) is 1. The molecule has 1 atom stereocenters. The number of hydrogen-bond acceptors (Lipinski definition) is 2. The van der Waals surface area contributed by atoms with Crippen LogP contribution in [0.3, 0.4) is 0 Å². The lowest BCUT2D eigenvalue weighted by Gasteiger charge is -2.37. The predicted octanol–water partition coefficient (Wildman–Crippen LogP) is 4.41. The normalized spacial score (nSPS) is 26.8. The van der Waals surface area contributed by atoms with Gasteiger partial charge in [0, 0.05) is 19.0 Å². The Morgan fingerprint density at radius 2 is 1.81 bits per heavy atom. The van der Waals surface area contributed by atoms with E-state index in [0.717, 1.165) is 31.6 Å². The summed E-state index contributed by atoms with van der Waals surface area (Å²) >= 11 is 6.21. The smallest absolute Gasteiger partial charge is 0.227 e. The van der Waals surface area contributed by atoms with Crippen LogP contribution in [0.4, 0.5) is 5.69 Å². The van der Waals surface area contributed by atoms with Crippen molar-refractivity contribution in [3.05, 3.63) is 29.3 Å². The lowest BCUT2D eigenvalue weighted by Crippen LogP contribution is -2.42. The van der Waals surface area contributed by atoms with E-state index in [1.165, 1.54) is 0 Å². The second kappa shape index (κ2) is 7.59. The van der Waals surface area contributed by atoms with Crippen LogP contribution in [0, 0.1) is 17.3 Å². The van der Waals surface area contributed by atoms with Crippen molar-refractivity contribution in [2.24, 2.45) is 17.3 Å². The molecule has 0 spiro atoms. The third-order valence-electron chi connectivity index (χ3n) is 5.94. The molecule has 1 heterocycles. The first-order valence-electron chi connectivity index (χ1n) is 9.61.